The van der Waals surface area contributed by atoms with Gasteiger partial charge in [-0.15, -0.1) is 5.10 Å². The van der Waals surface area contributed by atoms with Crippen molar-refractivity contribution < 1.29 is 9.90 Å². The maximum Gasteiger partial charge on any atom is 0.249 e. The molecule has 1 aliphatic heterocycles. The highest BCUT2D eigenvalue weighted by Crippen LogP contribution is 2.24. The number of nitrogens with one attached hydrogen (secondary N) is 1. The quantitative estimate of drug-likeness (QED) is 0.771. The largest absolute Gasteiger partial charge is 0.383 e. The molecule has 1 aromatic rings. The molecule has 0 aromatic carbocycles. The third kappa shape index (κ3) is 4.06. The number of carbonyl (C=O) groups is 1. The normalized spacial score (nSPS) is 21.6. The molecule has 1 atom stereocenters. The predicted molar refractivity (Wildman–Crippen MR) is 83.4 cm³/mol. The first kappa shape index (κ1) is 16.3. The van der Waals surface area contributed by atoms with E-state index in [-0.39, 0.29) is 17.9 Å². The second-order valence-electron chi connectivity index (χ2n) is 6.97. The van der Waals surface area contributed by atoms with Crippen molar-refractivity contribution in [1.82, 2.24) is 30.4 Å². The topological polar surface area (TPSA) is 96.2 Å². The summed E-state index contributed by atoms with van der Waals surface area (Å²) in [5.41, 5.74) is 0. The molecule has 1 saturated carbocycles. The Kier molecular flexibility index (Phi) is 4.91. The van der Waals surface area contributed by atoms with E-state index < -0.39 is 6.10 Å². The Morgan fingerprint density at radius 2 is 2.00 bits per heavy atom. The predicted octanol–water partition coefficient (Wildman–Crippen LogP) is 0.106. The first-order valence-electron chi connectivity index (χ1n) is 8.52. The first-order valence-corrected chi connectivity index (χ1v) is 8.52. The Labute approximate surface area is 136 Å². The Morgan fingerprint density at radius 3 is 2.61 bits per heavy atom. The van der Waals surface area contributed by atoms with Gasteiger partial charge >= 0.3 is 0 Å². The van der Waals surface area contributed by atoms with E-state index in [9.17, 15) is 9.90 Å². The van der Waals surface area contributed by atoms with E-state index in [1.165, 1.54) is 0 Å². The summed E-state index contributed by atoms with van der Waals surface area (Å²) < 4.78 is 1.84. The Hall–Kier alpha value is -1.54. The lowest BCUT2D eigenvalue weighted by Crippen LogP contribution is -2.45. The van der Waals surface area contributed by atoms with Crippen LogP contribution in [0.5, 0.6) is 0 Å². The highest BCUT2D eigenvalue weighted by atomic mass is 16.3. The van der Waals surface area contributed by atoms with Crippen molar-refractivity contribution in [3.63, 3.8) is 0 Å². The van der Waals surface area contributed by atoms with Crippen LogP contribution in [0.1, 0.15) is 51.4 Å². The van der Waals surface area contributed by atoms with Crippen LogP contribution < -0.4 is 5.32 Å². The molecular weight excluding hydrogens is 296 g/mol. The molecule has 0 spiro atoms. The lowest BCUT2D eigenvalue weighted by molar-refractivity contribution is -0.133. The molecule has 2 N–H and O–H groups in total. The number of aliphatic hydroxyl groups excluding tert-OH is 1. The summed E-state index contributed by atoms with van der Waals surface area (Å²) in [5, 5.41) is 25.0. The zero-order valence-corrected chi connectivity index (χ0v) is 13.9. The molecule has 3 rings (SSSR count). The van der Waals surface area contributed by atoms with Gasteiger partial charge in [-0.2, -0.15) is 0 Å². The minimum Gasteiger partial charge on any atom is -0.383 e. The number of tetrazole rings is 1. The number of hydrogen-bond donors (Lipinski definition) is 2. The molecule has 0 bridgehead atoms. The van der Waals surface area contributed by atoms with Gasteiger partial charge in [0.1, 0.15) is 6.10 Å². The average Bonchev–Trinajstić information content (AvgIpc) is 3.22. The molecule has 8 nitrogen and oxygen atoms in total. The molecular formula is C15H26N6O2. The molecule has 1 aromatic heterocycles. The summed E-state index contributed by atoms with van der Waals surface area (Å²) >= 11 is 0. The number of carbonyl (C=O) groups excluding carboxylic acids is 1. The molecule has 2 aliphatic rings. The fraction of sp³-hybridized carbons (Fsp3) is 0.867. The van der Waals surface area contributed by atoms with Gasteiger partial charge in [0.2, 0.25) is 5.91 Å². The van der Waals surface area contributed by atoms with Crippen molar-refractivity contribution in [1.29, 1.82) is 0 Å². The van der Waals surface area contributed by atoms with Crippen LogP contribution in [-0.4, -0.2) is 61.4 Å². The number of nitrogens with zero attached hydrogens (tertiary/aromatic N) is 5. The second kappa shape index (κ2) is 6.92. The third-order valence-corrected chi connectivity index (χ3v) is 4.69. The summed E-state index contributed by atoms with van der Waals surface area (Å²) in [6, 6.07) is 0.539. The van der Waals surface area contributed by atoms with Crippen LogP contribution >= 0.6 is 0 Å². The minimum atomic E-state index is -0.876. The molecule has 1 saturated heterocycles. The van der Waals surface area contributed by atoms with Gasteiger partial charge in [-0.05, 0) is 69.0 Å². The Balaban J connectivity index is 1.48. The van der Waals surface area contributed by atoms with Gasteiger partial charge in [-0.3, -0.25) is 9.69 Å². The Morgan fingerprint density at radius 1 is 1.30 bits per heavy atom. The molecule has 8 heteroatoms. The lowest BCUT2D eigenvalue weighted by Gasteiger charge is -2.33. The summed E-state index contributed by atoms with van der Waals surface area (Å²) in [6.07, 6.45) is 2.85. The van der Waals surface area contributed by atoms with Crippen LogP contribution in [0.2, 0.25) is 0 Å². The summed E-state index contributed by atoms with van der Waals surface area (Å²) in [4.78, 5) is 14.2. The lowest BCUT2D eigenvalue weighted by atomic mass is 9.90. The average molecular weight is 322 g/mol. The number of rotatable bonds is 6. The van der Waals surface area contributed by atoms with Crippen molar-refractivity contribution >= 4 is 5.91 Å². The summed E-state index contributed by atoms with van der Waals surface area (Å²) in [5.74, 6) is 0.714. The molecule has 2 fully saturated rings. The van der Waals surface area contributed by atoms with Crippen LogP contribution in [0.4, 0.5) is 0 Å². The highest BCUT2D eigenvalue weighted by Gasteiger charge is 2.33. The summed E-state index contributed by atoms with van der Waals surface area (Å²) in [7, 11) is 0. The minimum absolute atomic E-state index is 0.0473. The number of aliphatic hydroxyl groups is 1. The van der Waals surface area contributed by atoms with Crippen molar-refractivity contribution in [2.45, 2.75) is 64.3 Å². The molecule has 2 heterocycles. The van der Waals surface area contributed by atoms with Crippen LogP contribution in [0, 0.1) is 5.92 Å². The second-order valence-corrected chi connectivity index (χ2v) is 6.97. The highest BCUT2D eigenvalue weighted by molar-refractivity contribution is 5.81. The smallest absolute Gasteiger partial charge is 0.249 e. The number of piperidine rings is 1. The molecule has 1 amide bonds. The van der Waals surface area contributed by atoms with E-state index in [0.717, 1.165) is 44.6 Å². The van der Waals surface area contributed by atoms with E-state index in [2.05, 4.69) is 39.6 Å². The molecule has 128 valence electrons. The number of likely N-dealkylation sites (tertiary alicyclic amines) is 1. The first-order chi connectivity index (χ1) is 11.0. The fourth-order valence-corrected chi connectivity index (χ4v) is 3.07. The van der Waals surface area contributed by atoms with Crippen molar-refractivity contribution in [3.05, 3.63) is 5.82 Å². The van der Waals surface area contributed by atoms with Crippen LogP contribution in [-0.2, 0) is 11.3 Å². The fourth-order valence-electron chi connectivity index (χ4n) is 3.07. The molecule has 1 aliphatic carbocycles. The van der Waals surface area contributed by atoms with Crippen molar-refractivity contribution in [2.75, 3.05) is 13.1 Å². The van der Waals surface area contributed by atoms with E-state index >= 15 is 0 Å². The van der Waals surface area contributed by atoms with Crippen LogP contribution in [0.3, 0.4) is 0 Å². The van der Waals surface area contributed by atoms with Crippen LogP contribution in [0.15, 0.2) is 0 Å². The number of amides is 1. The Bertz CT molecular complexity index is 534. The van der Waals surface area contributed by atoms with E-state index in [1.54, 1.807) is 0 Å². The maximum absolute atomic E-state index is 11.9. The maximum atomic E-state index is 11.9. The monoisotopic (exact) mass is 322 g/mol. The number of hydrogen-bond acceptors (Lipinski definition) is 6. The van der Waals surface area contributed by atoms with Gasteiger partial charge in [-0.25, -0.2) is 4.68 Å². The van der Waals surface area contributed by atoms with Gasteiger partial charge in [-0.1, -0.05) is 0 Å². The van der Waals surface area contributed by atoms with Gasteiger partial charge in [0, 0.05) is 6.04 Å². The SMILES string of the molecule is CC(C)n1nnnc1CN1CCC(C(O)C(=O)NC2CC2)CC1. The molecule has 0 radical (unpaired) electrons. The molecule has 1 unspecified atom stereocenters. The molecule has 23 heavy (non-hydrogen) atoms. The van der Waals surface area contributed by atoms with E-state index in [1.807, 2.05) is 4.68 Å². The number of aromatic nitrogens is 4. The zero-order chi connectivity index (χ0) is 16.4. The van der Waals surface area contributed by atoms with Gasteiger partial charge < -0.3 is 10.4 Å². The van der Waals surface area contributed by atoms with E-state index in [0.29, 0.717) is 12.6 Å². The summed E-state index contributed by atoms with van der Waals surface area (Å²) in [6.45, 7) is 6.52. The van der Waals surface area contributed by atoms with Crippen molar-refractivity contribution in [3.8, 4) is 0 Å². The zero-order valence-electron chi connectivity index (χ0n) is 13.9. The standard InChI is InChI=1S/C15H26N6O2/c1-10(2)21-13(17-18-19-21)9-20-7-5-11(6-8-20)14(22)15(23)16-12-3-4-12/h10-12,14,22H,3-9H2,1-2H3,(H,16,23). The van der Waals surface area contributed by atoms with Gasteiger partial charge in [0.25, 0.3) is 0 Å². The van der Waals surface area contributed by atoms with Crippen LogP contribution in [0.25, 0.3) is 0 Å². The third-order valence-electron chi connectivity index (χ3n) is 4.69. The van der Waals surface area contributed by atoms with Gasteiger partial charge in [0.15, 0.2) is 5.82 Å². The van der Waals surface area contributed by atoms with E-state index in [4.69, 9.17) is 0 Å². The van der Waals surface area contributed by atoms with Gasteiger partial charge in [0.05, 0.1) is 12.6 Å². The van der Waals surface area contributed by atoms with Crippen molar-refractivity contribution in [2.24, 2.45) is 5.92 Å².